The first-order valence-electron chi connectivity index (χ1n) is 13.2. The lowest BCUT2D eigenvalue weighted by atomic mass is 9.64. The van der Waals surface area contributed by atoms with E-state index in [-0.39, 0.29) is 24.2 Å². The number of rotatable bonds is 7. The first kappa shape index (κ1) is 31.0. The highest BCUT2D eigenvalue weighted by Crippen LogP contribution is 2.41. The molecule has 1 heterocycles. The summed E-state index contributed by atoms with van der Waals surface area (Å²) in [5.74, 6) is -4.74. The molecule has 2 aliphatic rings. The van der Waals surface area contributed by atoms with Gasteiger partial charge in [0.1, 0.15) is 17.6 Å². The van der Waals surface area contributed by atoms with Crippen LogP contribution < -0.4 is 31.9 Å². The van der Waals surface area contributed by atoms with Gasteiger partial charge in [0, 0.05) is 0 Å². The summed E-state index contributed by atoms with van der Waals surface area (Å²) < 4.78 is 0. The number of carboxylic acid groups (broad SMARTS) is 1. The van der Waals surface area contributed by atoms with Crippen molar-refractivity contribution in [2.75, 3.05) is 26.7 Å². The average molecular weight is 539 g/mol. The Bertz CT molecular complexity index is 911. The summed E-state index contributed by atoms with van der Waals surface area (Å²) in [6.07, 6.45) is 2.05. The Morgan fingerprint density at radius 1 is 1.00 bits per heavy atom. The van der Waals surface area contributed by atoms with Gasteiger partial charge in [-0.2, -0.15) is 0 Å². The highest BCUT2D eigenvalue weighted by atomic mass is 16.4. The Labute approximate surface area is 223 Å². The molecule has 0 aromatic heterocycles. The Morgan fingerprint density at radius 2 is 1.63 bits per heavy atom. The summed E-state index contributed by atoms with van der Waals surface area (Å²) in [6, 6.07) is -2.42. The molecule has 1 spiro atoms. The zero-order valence-electron chi connectivity index (χ0n) is 22.6. The molecule has 13 nitrogen and oxygen atoms in total. The van der Waals surface area contributed by atoms with Crippen LogP contribution in [0.25, 0.3) is 0 Å². The lowest BCUT2D eigenvalue weighted by Crippen LogP contribution is -2.68. The van der Waals surface area contributed by atoms with E-state index < -0.39 is 72.6 Å². The Hall–Kier alpha value is -3.22. The van der Waals surface area contributed by atoms with Crippen molar-refractivity contribution in [3.05, 3.63) is 0 Å². The van der Waals surface area contributed by atoms with Gasteiger partial charge in [0.2, 0.25) is 29.5 Å². The Morgan fingerprint density at radius 3 is 2.24 bits per heavy atom. The lowest BCUT2D eigenvalue weighted by molar-refractivity contribution is -0.142. The summed E-state index contributed by atoms with van der Waals surface area (Å²) in [4.78, 5) is 76.5. The van der Waals surface area contributed by atoms with E-state index in [1.54, 1.807) is 7.05 Å². The quantitative estimate of drug-likeness (QED) is 0.193. The smallest absolute Gasteiger partial charge is 0.305 e. The average Bonchev–Trinajstić information content (AvgIpc) is 2.83. The van der Waals surface area contributed by atoms with Gasteiger partial charge in [-0.15, -0.1) is 0 Å². The number of carboxylic acids is 1. The van der Waals surface area contributed by atoms with Crippen LogP contribution in [0.5, 0.6) is 0 Å². The summed E-state index contributed by atoms with van der Waals surface area (Å²) >= 11 is 0. The van der Waals surface area contributed by atoms with Crippen molar-refractivity contribution in [3.63, 3.8) is 0 Å². The zero-order valence-corrected chi connectivity index (χ0v) is 22.6. The molecule has 214 valence electrons. The fourth-order valence-electron chi connectivity index (χ4n) is 5.42. The third-order valence-corrected chi connectivity index (χ3v) is 7.26. The van der Waals surface area contributed by atoms with Gasteiger partial charge in [0.15, 0.2) is 0 Å². The second-order valence-electron chi connectivity index (χ2n) is 10.7. The van der Waals surface area contributed by atoms with Crippen LogP contribution in [-0.2, 0) is 28.8 Å². The molecule has 0 aromatic carbocycles. The van der Waals surface area contributed by atoms with Crippen molar-refractivity contribution in [1.29, 1.82) is 0 Å². The molecule has 13 heteroatoms. The van der Waals surface area contributed by atoms with Crippen molar-refractivity contribution in [2.24, 2.45) is 17.8 Å². The zero-order chi connectivity index (χ0) is 28.5. The number of nitrogens with one attached hydrogen (secondary N) is 6. The van der Waals surface area contributed by atoms with Gasteiger partial charge >= 0.3 is 5.97 Å². The highest BCUT2D eigenvalue weighted by molar-refractivity contribution is 5.98. The fourth-order valence-corrected chi connectivity index (χ4v) is 5.42. The van der Waals surface area contributed by atoms with E-state index in [1.165, 1.54) is 0 Å². The maximum Gasteiger partial charge on any atom is 0.305 e. The van der Waals surface area contributed by atoms with Gasteiger partial charge in [-0.05, 0) is 57.0 Å². The molecule has 5 atom stereocenters. The molecule has 1 saturated carbocycles. The molecule has 5 amide bonds. The van der Waals surface area contributed by atoms with Crippen molar-refractivity contribution in [2.45, 2.75) is 76.9 Å². The first-order chi connectivity index (χ1) is 17.9. The topological polar surface area (TPSA) is 195 Å². The van der Waals surface area contributed by atoms with E-state index in [9.17, 15) is 33.9 Å². The molecular weight excluding hydrogens is 496 g/mol. The number of aliphatic carboxylic acids is 1. The van der Waals surface area contributed by atoms with Gasteiger partial charge in [-0.25, -0.2) is 0 Å². The minimum absolute atomic E-state index is 0.0311. The van der Waals surface area contributed by atoms with E-state index in [0.717, 1.165) is 6.42 Å². The Kier molecular flexibility index (Phi) is 11.5. The SMILES string of the molecule is CNCCCC1NC(=O)C2(C[C@@H](C)CCC2C(C)C)NC(=O)CNC(=O)C(CC(=O)O)NC(=O)CNC1=O. The molecule has 0 bridgehead atoms. The molecule has 7 N–H and O–H groups in total. The maximum absolute atomic E-state index is 14.0. The molecular formula is C25H42N6O7. The highest BCUT2D eigenvalue weighted by Gasteiger charge is 2.51. The van der Waals surface area contributed by atoms with Crippen LogP contribution in [0.3, 0.4) is 0 Å². The molecule has 1 aliphatic heterocycles. The second-order valence-corrected chi connectivity index (χ2v) is 10.7. The van der Waals surface area contributed by atoms with Gasteiger partial charge in [0.05, 0.1) is 19.5 Å². The molecule has 1 saturated heterocycles. The maximum atomic E-state index is 14.0. The molecule has 2 rings (SSSR count). The Balaban J connectivity index is 2.47. The van der Waals surface area contributed by atoms with E-state index >= 15 is 0 Å². The number of amides is 5. The molecule has 38 heavy (non-hydrogen) atoms. The van der Waals surface area contributed by atoms with E-state index in [4.69, 9.17) is 0 Å². The first-order valence-corrected chi connectivity index (χ1v) is 13.2. The van der Waals surface area contributed by atoms with Crippen LogP contribution in [-0.4, -0.2) is 84.9 Å². The van der Waals surface area contributed by atoms with E-state index in [1.807, 2.05) is 20.8 Å². The van der Waals surface area contributed by atoms with Crippen molar-refractivity contribution >= 4 is 35.5 Å². The second kappa shape index (κ2) is 14.1. The van der Waals surface area contributed by atoms with E-state index in [2.05, 4.69) is 31.9 Å². The van der Waals surface area contributed by atoms with Gasteiger partial charge in [0.25, 0.3) is 0 Å². The van der Waals surface area contributed by atoms with Crippen LogP contribution in [0, 0.1) is 17.8 Å². The predicted molar refractivity (Wildman–Crippen MR) is 138 cm³/mol. The summed E-state index contributed by atoms with van der Waals surface area (Å²) in [5, 5.41) is 25.0. The third kappa shape index (κ3) is 8.40. The lowest BCUT2D eigenvalue weighted by Gasteiger charge is -2.47. The van der Waals surface area contributed by atoms with Crippen LogP contribution in [0.15, 0.2) is 0 Å². The summed E-state index contributed by atoms with van der Waals surface area (Å²) in [6.45, 7) is 5.52. The third-order valence-electron chi connectivity index (χ3n) is 7.26. The number of carbonyl (C=O) groups is 6. The summed E-state index contributed by atoms with van der Waals surface area (Å²) in [5.41, 5.74) is -1.32. The van der Waals surface area contributed by atoms with Crippen LogP contribution in [0.4, 0.5) is 0 Å². The van der Waals surface area contributed by atoms with E-state index in [0.29, 0.717) is 25.8 Å². The van der Waals surface area contributed by atoms with Crippen molar-refractivity contribution in [3.8, 4) is 0 Å². The molecule has 0 radical (unpaired) electrons. The fraction of sp³-hybridized carbons (Fsp3) is 0.760. The van der Waals surface area contributed by atoms with Crippen molar-refractivity contribution < 1.29 is 33.9 Å². The molecule has 0 aromatic rings. The van der Waals surface area contributed by atoms with Crippen LogP contribution >= 0.6 is 0 Å². The van der Waals surface area contributed by atoms with Crippen LogP contribution in [0.1, 0.15) is 59.3 Å². The molecule has 4 unspecified atom stereocenters. The number of hydrogen-bond acceptors (Lipinski definition) is 7. The normalized spacial score (nSPS) is 29.9. The van der Waals surface area contributed by atoms with Crippen LogP contribution in [0.2, 0.25) is 0 Å². The van der Waals surface area contributed by atoms with Crippen molar-refractivity contribution in [1.82, 2.24) is 31.9 Å². The molecule has 1 aliphatic carbocycles. The number of carbonyl (C=O) groups excluding carboxylic acids is 5. The minimum atomic E-state index is -1.45. The molecule has 2 fully saturated rings. The van der Waals surface area contributed by atoms with Gasteiger partial charge < -0.3 is 37.0 Å². The number of hydrogen-bond donors (Lipinski definition) is 7. The predicted octanol–water partition coefficient (Wildman–Crippen LogP) is -1.38. The summed E-state index contributed by atoms with van der Waals surface area (Å²) in [7, 11) is 1.77. The van der Waals surface area contributed by atoms with Gasteiger partial charge in [-0.3, -0.25) is 28.8 Å². The largest absolute Gasteiger partial charge is 0.481 e. The monoisotopic (exact) mass is 538 g/mol. The van der Waals surface area contributed by atoms with Gasteiger partial charge in [-0.1, -0.05) is 27.2 Å². The minimum Gasteiger partial charge on any atom is -0.481 e. The standard InChI is InChI=1S/C25H42N6O7/c1-14(2)16-8-7-15(3)11-25(16)24(38)30-17(6-5-9-26-4)22(36)27-12-19(32)29-18(10-21(34)35)23(37)28-13-20(33)31-25/h14-18,26H,5-13H2,1-4H3,(H,27,36)(H,28,37)(H,29,32)(H,30,38)(H,31,33)(H,34,35)/t15-,16?,17?,18?,25?/m0/s1.